The lowest BCUT2D eigenvalue weighted by Gasteiger charge is -2.26. The standard InChI is InChI=1S/C33H35N5O5/c1-5-20-16-37(30-26(20)29(35-18-36-30)34-15-19-10-12-22(41-4)13-11-19)25-14-21(27-28(25)43-33(2,3)42-27)17-38-31(39)23-8-6-7-9-24(23)32(38)40/h6-13,16,18,21,25,27-28H,5,14-15,17H2,1-4H3,(H,34,35,36)/t21-,25-,27-,28+/m1/s1. The Balaban J connectivity index is 1.19. The zero-order valence-corrected chi connectivity index (χ0v) is 24.7. The molecule has 2 aliphatic heterocycles. The van der Waals surface area contributed by atoms with Crippen LogP contribution in [0, 0.1) is 5.92 Å². The highest BCUT2D eigenvalue weighted by Gasteiger charge is 2.56. The summed E-state index contributed by atoms with van der Waals surface area (Å²) in [6.07, 6.45) is 4.68. The smallest absolute Gasteiger partial charge is 0.261 e. The van der Waals surface area contributed by atoms with Gasteiger partial charge in [0.05, 0.1) is 35.8 Å². The maximum atomic E-state index is 13.2. The topological polar surface area (TPSA) is 108 Å². The molecule has 222 valence electrons. The number of rotatable bonds is 8. The number of amides is 2. The van der Waals surface area contributed by atoms with Gasteiger partial charge in [-0.2, -0.15) is 0 Å². The number of aromatic nitrogens is 3. The number of aryl methyl sites for hydroxylation is 1. The third-order valence-electron chi connectivity index (χ3n) is 8.89. The molecule has 1 saturated heterocycles. The summed E-state index contributed by atoms with van der Waals surface area (Å²) in [6.45, 7) is 6.82. The van der Waals surface area contributed by atoms with Crippen molar-refractivity contribution in [1.82, 2.24) is 19.4 Å². The molecule has 4 heterocycles. The Morgan fingerprint density at radius 2 is 1.70 bits per heavy atom. The van der Waals surface area contributed by atoms with E-state index in [0.29, 0.717) is 24.1 Å². The zero-order chi connectivity index (χ0) is 29.9. The second-order valence-corrected chi connectivity index (χ2v) is 11.9. The van der Waals surface area contributed by atoms with E-state index < -0.39 is 5.79 Å². The summed E-state index contributed by atoms with van der Waals surface area (Å²) < 4.78 is 20.4. The number of hydrogen-bond donors (Lipinski definition) is 1. The van der Waals surface area contributed by atoms with E-state index in [2.05, 4.69) is 28.0 Å². The van der Waals surface area contributed by atoms with Crippen molar-refractivity contribution in [3.8, 4) is 5.75 Å². The predicted molar refractivity (Wildman–Crippen MR) is 160 cm³/mol. The maximum Gasteiger partial charge on any atom is 0.261 e. The number of nitrogens with zero attached hydrogens (tertiary/aromatic N) is 4. The average molecular weight is 582 g/mol. The third-order valence-corrected chi connectivity index (χ3v) is 8.89. The van der Waals surface area contributed by atoms with E-state index in [4.69, 9.17) is 19.2 Å². The molecule has 3 aliphatic rings. The lowest BCUT2D eigenvalue weighted by Crippen LogP contribution is -2.38. The Labute approximate surface area is 250 Å². The first kappa shape index (κ1) is 27.5. The van der Waals surface area contributed by atoms with Crippen molar-refractivity contribution in [1.29, 1.82) is 0 Å². The van der Waals surface area contributed by atoms with Gasteiger partial charge in [0.25, 0.3) is 11.8 Å². The summed E-state index contributed by atoms with van der Waals surface area (Å²) in [5.74, 6) is 0.201. The Kier molecular flexibility index (Phi) is 6.70. The molecule has 7 rings (SSSR count). The minimum atomic E-state index is -0.787. The molecule has 4 aromatic rings. The second kappa shape index (κ2) is 10.5. The summed E-state index contributed by atoms with van der Waals surface area (Å²) in [6, 6.07) is 14.9. The molecule has 10 nitrogen and oxygen atoms in total. The molecule has 4 atom stereocenters. The van der Waals surface area contributed by atoms with Gasteiger partial charge < -0.3 is 24.1 Å². The maximum absolute atomic E-state index is 13.2. The number of imide groups is 1. The summed E-state index contributed by atoms with van der Waals surface area (Å²) in [5.41, 5.74) is 3.98. The molecule has 1 saturated carbocycles. The van der Waals surface area contributed by atoms with E-state index in [0.717, 1.165) is 40.1 Å². The van der Waals surface area contributed by atoms with Crippen LogP contribution in [-0.2, 0) is 22.4 Å². The quantitative estimate of drug-likeness (QED) is 0.290. The summed E-state index contributed by atoms with van der Waals surface area (Å²) in [7, 11) is 1.66. The first-order valence-electron chi connectivity index (χ1n) is 14.8. The van der Waals surface area contributed by atoms with Gasteiger partial charge in [0.1, 0.15) is 29.6 Å². The molecule has 0 unspecified atom stereocenters. The third kappa shape index (κ3) is 4.65. The highest BCUT2D eigenvalue weighted by Crippen LogP contribution is 2.49. The van der Waals surface area contributed by atoms with Crippen LogP contribution in [0.25, 0.3) is 11.0 Å². The Bertz CT molecular complexity index is 1680. The minimum absolute atomic E-state index is 0.0981. The van der Waals surface area contributed by atoms with Crippen molar-refractivity contribution in [3.05, 3.63) is 83.3 Å². The van der Waals surface area contributed by atoms with Gasteiger partial charge in [-0.05, 0) is 62.1 Å². The Hall–Kier alpha value is -4.28. The van der Waals surface area contributed by atoms with Crippen molar-refractivity contribution in [2.24, 2.45) is 5.92 Å². The van der Waals surface area contributed by atoms with E-state index in [1.807, 2.05) is 38.1 Å². The van der Waals surface area contributed by atoms with Gasteiger partial charge >= 0.3 is 0 Å². The molecule has 43 heavy (non-hydrogen) atoms. The Morgan fingerprint density at radius 1 is 1.00 bits per heavy atom. The van der Waals surface area contributed by atoms with Gasteiger partial charge in [-0.3, -0.25) is 14.5 Å². The van der Waals surface area contributed by atoms with E-state index in [1.165, 1.54) is 4.90 Å². The molecule has 2 amide bonds. The van der Waals surface area contributed by atoms with Gasteiger partial charge in [-0.15, -0.1) is 0 Å². The monoisotopic (exact) mass is 581 g/mol. The number of fused-ring (bicyclic) bond motifs is 3. The lowest BCUT2D eigenvalue weighted by molar-refractivity contribution is -0.160. The van der Waals surface area contributed by atoms with Gasteiger partial charge in [0, 0.05) is 25.2 Å². The fourth-order valence-corrected chi connectivity index (χ4v) is 6.89. The van der Waals surface area contributed by atoms with Crippen molar-refractivity contribution in [3.63, 3.8) is 0 Å². The molecule has 2 aromatic heterocycles. The fourth-order valence-electron chi connectivity index (χ4n) is 6.89. The molecule has 0 radical (unpaired) electrons. The normalized spacial score (nSPS) is 24.0. The van der Waals surface area contributed by atoms with Crippen LogP contribution >= 0.6 is 0 Å². The molecule has 10 heteroatoms. The molecule has 2 aromatic carbocycles. The number of hydrogen-bond acceptors (Lipinski definition) is 8. The summed E-state index contributed by atoms with van der Waals surface area (Å²) in [4.78, 5) is 37.2. The number of methoxy groups -OCH3 is 1. The first-order valence-corrected chi connectivity index (χ1v) is 14.8. The van der Waals surface area contributed by atoms with Gasteiger partial charge in [-0.25, -0.2) is 9.97 Å². The van der Waals surface area contributed by atoms with Gasteiger partial charge in [-0.1, -0.05) is 31.2 Å². The summed E-state index contributed by atoms with van der Waals surface area (Å²) >= 11 is 0. The number of ether oxygens (including phenoxy) is 3. The largest absolute Gasteiger partial charge is 0.497 e. The number of carbonyl (C=O) groups is 2. The van der Waals surface area contributed by atoms with Crippen LogP contribution in [-0.4, -0.2) is 62.9 Å². The number of nitrogens with one attached hydrogen (secondary N) is 1. The summed E-state index contributed by atoms with van der Waals surface area (Å²) in [5, 5.41) is 4.50. The number of anilines is 1. The van der Waals surface area contributed by atoms with Crippen molar-refractivity contribution < 1.29 is 23.8 Å². The van der Waals surface area contributed by atoms with Crippen LogP contribution in [0.1, 0.15) is 65.1 Å². The van der Waals surface area contributed by atoms with Crippen molar-refractivity contribution in [2.75, 3.05) is 19.0 Å². The van der Waals surface area contributed by atoms with Gasteiger partial charge in [0.15, 0.2) is 5.79 Å². The van der Waals surface area contributed by atoms with E-state index >= 15 is 0 Å². The Morgan fingerprint density at radius 3 is 2.37 bits per heavy atom. The van der Waals surface area contributed by atoms with Crippen LogP contribution < -0.4 is 10.1 Å². The highest BCUT2D eigenvalue weighted by atomic mass is 16.8. The molecular weight excluding hydrogens is 546 g/mol. The molecule has 0 spiro atoms. The van der Waals surface area contributed by atoms with Crippen molar-refractivity contribution >= 4 is 28.7 Å². The van der Waals surface area contributed by atoms with Crippen LogP contribution in [0.2, 0.25) is 0 Å². The fraction of sp³-hybridized carbons (Fsp3) is 0.394. The molecular formula is C33H35N5O5. The van der Waals surface area contributed by atoms with Crippen LogP contribution in [0.5, 0.6) is 5.75 Å². The molecule has 1 N–H and O–H groups in total. The minimum Gasteiger partial charge on any atom is -0.497 e. The van der Waals surface area contributed by atoms with E-state index in [-0.39, 0.29) is 42.5 Å². The van der Waals surface area contributed by atoms with E-state index in [1.54, 1.807) is 37.7 Å². The average Bonchev–Trinajstić information content (AvgIpc) is 3.71. The number of benzene rings is 2. The van der Waals surface area contributed by atoms with Gasteiger partial charge in [0.2, 0.25) is 0 Å². The SMILES string of the molecule is CCc1cn([C@@H]2C[C@H](CN3C(=O)c4ccccc4C3=O)[C@H]3OC(C)(C)O[C@H]32)c2ncnc(NCc3ccc(OC)cc3)c12. The lowest BCUT2D eigenvalue weighted by atomic mass is 10.0. The van der Waals surface area contributed by atoms with Crippen molar-refractivity contribution in [2.45, 2.75) is 64.2 Å². The number of carbonyl (C=O) groups excluding carboxylic acids is 2. The van der Waals surface area contributed by atoms with Crippen LogP contribution in [0.15, 0.2) is 61.1 Å². The predicted octanol–water partition coefficient (Wildman–Crippen LogP) is 4.99. The molecule has 2 fully saturated rings. The molecule has 1 aliphatic carbocycles. The first-order chi connectivity index (χ1) is 20.8. The van der Waals surface area contributed by atoms with Crippen LogP contribution in [0.4, 0.5) is 5.82 Å². The molecule has 0 bridgehead atoms. The van der Waals surface area contributed by atoms with E-state index in [9.17, 15) is 9.59 Å². The van der Waals surface area contributed by atoms with Crippen LogP contribution in [0.3, 0.4) is 0 Å². The zero-order valence-electron chi connectivity index (χ0n) is 24.7. The highest BCUT2D eigenvalue weighted by molar-refractivity contribution is 6.21. The second-order valence-electron chi connectivity index (χ2n) is 11.9.